The summed E-state index contributed by atoms with van der Waals surface area (Å²) in [6, 6.07) is 6.30. The summed E-state index contributed by atoms with van der Waals surface area (Å²) in [7, 11) is 0. The predicted molar refractivity (Wildman–Crippen MR) is 101 cm³/mol. The molecule has 2 fully saturated rings. The van der Waals surface area contributed by atoms with Gasteiger partial charge in [0.2, 0.25) is 5.28 Å². The van der Waals surface area contributed by atoms with Gasteiger partial charge in [0.15, 0.2) is 17.0 Å². The minimum atomic E-state index is -0.732. The Kier molecular flexibility index (Phi) is 4.22. The van der Waals surface area contributed by atoms with E-state index >= 15 is 0 Å². The first-order valence-corrected chi connectivity index (χ1v) is 9.62. The van der Waals surface area contributed by atoms with Crippen molar-refractivity contribution in [2.75, 3.05) is 5.32 Å². The Bertz CT molecular complexity index is 1040. The average Bonchev–Trinajstić information content (AvgIpc) is 3.31. The Balaban J connectivity index is 1.41. The van der Waals surface area contributed by atoms with Crippen LogP contribution in [0.5, 0.6) is 0 Å². The van der Waals surface area contributed by atoms with Gasteiger partial charge >= 0.3 is 0 Å². The largest absolute Gasteiger partial charge is 0.390 e. The zero-order valence-electron chi connectivity index (χ0n) is 14.8. The summed E-state index contributed by atoms with van der Waals surface area (Å²) >= 11 is 6.11. The molecule has 0 amide bonds. The van der Waals surface area contributed by atoms with E-state index in [9.17, 15) is 14.6 Å². The van der Waals surface area contributed by atoms with Gasteiger partial charge in [-0.3, -0.25) is 0 Å². The normalized spacial score (nSPS) is 28.5. The van der Waals surface area contributed by atoms with E-state index in [4.69, 9.17) is 11.6 Å². The van der Waals surface area contributed by atoms with Gasteiger partial charge in [0.25, 0.3) is 0 Å². The number of aliphatic hydroxyl groups excluding tert-OH is 2. The molecule has 5 rings (SSSR count). The summed E-state index contributed by atoms with van der Waals surface area (Å²) in [4.78, 5) is 12.9. The van der Waals surface area contributed by atoms with Crippen LogP contribution >= 0.6 is 11.6 Å². The molecule has 1 aromatic carbocycles. The van der Waals surface area contributed by atoms with Crippen LogP contribution < -0.4 is 5.32 Å². The SMILES string of the molecule is O[C@@H]1[C@H](O)[C@@H]2C[C@@H]2[C@H]1Cn1cnc2c(NCc3cccc(F)c3)nc(Cl)nc21. The maximum Gasteiger partial charge on any atom is 0.226 e. The number of nitrogens with one attached hydrogen (secondary N) is 1. The first-order valence-electron chi connectivity index (χ1n) is 9.24. The maximum atomic E-state index is 13.4. The lowest BCUT2D eigenvalue weighted by atomic mass is 9.99. The van der Waals surface area contributed by atoms with Crippen molar-refractivity contribution in [2.45, 2.75) is 31.7 Å². The zero-order chi connectivity index (χ0) is 19.4. The first-order chi connectivity index (χ1) is 13.5. The quantitative estimate of drug-likeness (QED) is 0.565. The molecule has 0 unspecified atom stereocenters. The highest BCUT2D eigenvalue weighted by Gasteiger charge is 2.58. The van der Waals surface area contributed by atoms with Crippen LogP contribution in [0.3, 0.4) is 0 Å². The van der Waals surface area contributed by atoms with Crippen LogP contribution in [0.1, 0.15) is 12.0 Å². The molecule has 28 heavy (non-hydrogen) atoms. The number of aliphatic hydroxyl groups is 2. The molecule has 2 aromatic heterocycles. The minimum Gasteiger partial charge on any atom is -0.390 e. The molecular formula is C19H19ClFN5O2. The molecule has 0 radical (unpaired) electrons. The van der Waals surface area contributed by atoms with Gasteiger partial charge in [0.1, 0.15) is 5.82 Å². The van der Waals surface area contributed by atoms with Crippen LogP contribution in [-0.4, -0.2) is 41.9 Å². The summed E-state index contributed by atoms with van der Waals surface area (Å²) in [6.07, 6.45) is 1.22. The molecule has 2 aliphatic carbocycles. The van der Waals surface area contributed by atoms with Gasteiger partial charge in [-0.15, -0.1) is 0 Å². The molecule has 9 heteroatoms. The molecule has 0 aliphatic heterocycles. The van der Waals surface area contributed by atoms with Crippen molar-refractivity contribution in [3.05, 3.63) is 47.3 Å². The molecule has 2 heterocycles. The van der Waals surface area contributed by atoms with Gasteiger partial charge in [-0.2, -0.15) is 9.97 Å². The first kappa shape index (κ1) is 17.8. The standard InChI is InChI=1S/C19H19ClFN5O2/c20-19-24-17(22-6-9-2-1-3-10(21)4-9)14-18(25-19)26(8-23-14)7-13-11-5-12(11)15(27)16(13)28/h1-4,8,11-13,15-16,27-28H,5-7H2,(H,22,24,25)/t11-,12+,13+,15+,16-/m0/s1. The van der Waals surface area contributed by atoms with Crippen molar-refractivity contribution in [2.24, 2.45) is 17.8 Å². The van der Waals surface area contributed by atoms with Gasteiger partial charge in [-0.05, 0) is 47.6 Å². The number of benzene rings is 1. The van der Waals surface area contributed by atoms with Crippen LogP contribution in [0.2, 0.25) is 5.28 Å². The fraction of sp³-hybridized carbons (Fsp3) is 0.421. The number of halogens is 2. The summed E-state index contributed by atoms with van der Waals surface area (Å²) in [5.74, 6) is 0.677. The molecular weight excluding hydrogens is 385 g/mol. The highest BCUT2D eigenvalue weighted by atomic mass is 35.5. The third kappa shape index (κ3) is 3.01. The third-order valence-corrected chi connectivity index (χ3v) is 6.03. The van der Waals surface area contributed by atoms with Gasteiger partial charge in [0.05, 0.1) is 18.5 Å². The van der Waals surface area contributed by atoms with Crippen molar-refractivity contribution in [1.82, 2.24) is 19.5 Å². The van der Waals surface area contributed by atoms with E-state index < -0.39 is 12.2 Å². The van der Waals surface area contributed by atoms with E-state index in [1.54, 1.807) is 12.4 Å². The fourth-order valence-electron chi connectivity index (χ4n) is 4.36. The summed E-state index contributed by atoms with van der Waals surface area (Å²) in [5, 5.41) is 23.6. The third-order valence-electron chi connectivity index (χ3n) is 5.86. The number of hydrogen-bond donors (Lipinski definition) is 3. The van der Waals surface area contributed by atoms with E-state index in [0.717, 1.165) is 12.0 Å². The van der Waals surface area contributed by atoms with Crippen molar-refractivity contribution in [3.8, 4) is 0 Å². The average molecular weight is 404 g/mol. The monoisotopic (exact) mass is 403 g/mol. The van der Waals surface area contributed by atoms with Crippen molar-refractivity contribution in [1.29, 1.82) is 0 Å². The van der Waals surface area contributed by atoms with Gasteiger partial charge in [-0.1, -0.05) is 12.1 Å². The Morgan fingerprint density at radius 2 is 2.07 bits per heavy atom. The van der Waals surface area contributed by atoms with Crippen LogP contribution in [0.4, 0.5) is 10.2 Å². The van der Waals surface area contributed by atoms with Crippen LogP contribution in [-0.2, 0) is 13.1 Å². The molecule has 2 saturated carbocycles. The molecule has 3 aromatic rings. The van der Waals surface area contributed by atoms with Crippen molar-refractivity contribution in [3.63, 3.8) is 0 Å². The number of fused-ring (bicyclic) bond motifs is 2. The lowest BCUT2D eigenvalue weighted by Gasteiger charge is -2.21. The summed E-state index contributed by atoms with van der Waals surface area (Å²) in [6.45, 7) is 0.872. The van der Waals surface area contributed by atoms with Gasteiger partial charge < -0.3 is 20.1 Å². The number of rotatable bonds is 5. The number of aromatic nitrogens is 4. The van der Waals surface area contributed by atoms with Crippen LogP contribution in [0.25, 0.3) is 11.2 Å². The smallest absolute Gasteiger partial charge is 0.226 e. The van der Waals surface area contributed by atoms with Gasteiger partial charge in [0, 0.05) is 19.0 Å². The van der Waals surface area contributed by atoms with Crippen LogP contribution in [0, 0.1) is 23.6 Å². The second-order valence-electron chi connectivity index (χ2n) is 7.60. The molecule has 2 aliphatic rings. The highest BCUT2D eigenvalue weighted by Crippen LogP contribution is 2.56. The van der Waals surface area contributed by atoms with E-state index in [0.29, 0.717) is 36.0 Å². The van der Waals surface area contributed by atoms with Gasteiger partial charge in [-0.25, -0.2) is 9.37 Å². The summed E-state index contributed by atoms with van der Waals surface area (Å²) in [5.41, 5.74) is 1.89. The molecule has 3 N–H and O–H groups in total. The molecule has 0 bridgehead atoms. The number of imidazole rings is 1. The zero-order valence-corrected chi connectivity index (χ0v) is 15.6. The number of anilines is 1. The fourth-order valence-corrected chi connectivity index (χ4v) is 4.52. The highest BCUT2D eigenvalue weighted by molar-refractivity contribution is 6.28. The van der Waals surface area contributed by atoms with E-state index in [1.165, 1.54) is 12.1 Å². The van der Waals surface area contributed by atoms with E-state index in [2.05, 4.69) is 20.3 Å². The molecule has 7 nitrogen and oxygen atoms in total. The minimum absolute atomic E-state index is 0.0326. The molecule has 146 valence electrons. The topological polar surface area (TPSA) is 96.1 Å². The summed E-state index contributed by atoms with van der Waals surface area (Å²) < 4.78 is 15.2. The van der Waals surface area contributed by atoms with Crippen molar-refractivity contribution >= 4 is 28.6 Å². The Labute approximate surface area is 165 Å². The maximum absolute atomic E-state index is 13.4. The van der Waals surface area contributed by atoms with Crippen molar-refractivity contribution < 1.29 is 14.6 Å². The Hall–Kier alpha value is -2.29. The van der Waals surface area contributed by atoms with E-state index in [1.807, 2.05) is 10.6 Å². The second-order valence-corrected chi connectivity index (χ2v) is 7.94. The molecule has 0 spiro atoms. The van der Waals surface area contributed by atoms with Crippen LogP contribution in [0.15, 0.2) is 30.6 Å². The molecule has 5 atom stereocenters. The lowest BCUT2D eigenvalue weighted by molar-refractivity contribution is -0.00373. The number of nitrogens with zero attached hydrogens (tertiary/aromatic N) is 4. The molecule has 0 saturated heterocycles. The predicted octanol–water partition coefficient (Wildman–Crippen LogP) is 2.22. The second kappa shape index (κ2) is 6.65. The lowest BCUT2D eigenvalue weighted by Crippen LogP contribution is -2.31. The van der Waals surface area contributed by atoms with E-state index in [-0.39, 0.29) is 22.9 Å². The Morgan fingerprint density at radius 1 is 1.21 bits per heavy atom. The number of hydrogen-bond acceptors (Lipinski definition) is 6. The Morgan fingerprint density at radius 3 is 2.82 bits per heavy atom.